The normalized spacial score (nSPS) is 41.5. The molecule has 48 heavy (non-hydrogen) atoms. The fourth-order valence-electron chi connectivity index (χ4n) is 12.3. The molecule has 9 atom stereocenters. The van der Waals surface area contributed by atoms with Gasteiger partial charge in [-0.3, -0.25) is 19.2 Å². The predicted molar refractivity (Wildman–Crippen MR) is 188 cm³/mol. The van der Waals surface area contributed by atoms with E-state index >= 15 is 0 Å². The van der Waals surface area contributed by atoms with Gasteiger partial charge in [0.1, 0.15) is 6.10 Å². The number of rotatable bonds is 11. The van der Waals surface area contributed by atoms with Crippen molar-refractivity contribution in [1.82, 2.24) is 5.32 Å². The lowest BCUT2D eigenvalue weighted by atomic mass is 9.33. The van der Waals surface area contributed by atoms with Crippen LogP contribution in [-0.4, -0.2) is 41.4 Å². The predicted octanol–water partition coefficient (Wildman–Crippen LogP) is 8.83. The average Bonchev–Trinajstić information content (AvgIpc) is 2.99. The third kappa shape index (κ3) is 6.20. The highest BCUT2D eigenvalue weighted by atomic mass is 16.5. The van der Waals surface area contributed by atoms with Gasteiger partial charge in [0.2, 0.25) is 5.91 Å². The summed E-state index contributed by atoms with van der Waals surface area (Å²) in [5.41, 5.74) is 0.363. The molecular formula is C41H65NO6. The summed E-state index contributed by atoms with van der Waals surface area (Å²) < 4.78 is 5.88. The van der Waals surface area contributed by atoms with E-state index in [0.29, 0.717) is 18.2 Å². The van der Waals surface area contributed by atoms with E-state index in [9.17, 15) is 19.2 Å². The fourth-order valence-corrected chi connectivity index (χ4v) is 12.3. The zero-order valence-electron chi connectivity index (χ0n) is 31.4. The van der Waals surface area contributed by atoms with Gasteiger partial charge in [-0.25, -0.2) is 0 Å². The van der Waals surface area contributed by atoms with Crippen molar-refractivity contribution in [2.45, 2.75) is 164 Å². The van der Waals surface area contributed by atoms with Gasteiger partial charge in [-0.1, -0.05) is 79.7 Å². The van der Waals surface area contributed by atoms with Gasteiger partial charge >= 0.3 is 11.9 Å². The number of hydrogen-bond acceptors (Lipinski definition) is 5. The summed E-state index contributed by atoms with van der Waals surface area (Å²) in [6.45, 7) is 18.5. The zero-order valence-corrected chi connectivity index (χ0v) is 31.4. The molecule has 2 N–H and O–H groups in total. The summed E-state index contributed by atoms with van der Waals surface area (Å²) >= 11 is 0. The highest BCUT2D eigenvalue weighted by molar-refractivity contribution is 5.95. The van der Waals surface area contributed by atoms with E-state index in [-0.39, 0.29) is 63.3 Å². The highest BCUT2D eigenvalue weighted by Gasteiger charge is 2.70. The molecule has 0 bridgehead atoms. The van der Waals surface area contributed by atoms with E-state index in [1.54, 1.807) is 0 Å². The zero-order chi connectivity index (χ0) is 35.3. The fraction of sp³-hybridized carbons (Fsp3) is 0.854. The number of nitrogens with one attached hydrogen (secondary N) is 1. The number of carboxylic acid groups (broad SMARTS) is 1. The van der Waals surface area contributed by atoms with Crippen LogP contribution in [0.2, 0.25) is 0 Å². The van der Waals surface area contributed by atoms with E-state index in [2.05, 4.69) is 59.9 Å². The quantitative estimate of drug-likeness (QED) is 0.168. The van der Waals surface area contributed by atoms with Gasteiger partial charge in [-0.05, 0) is 110 Å². The van der Waals surface area contributed by atoms with Crippen LogP contribution in [0.1, 0.15) is 158 Å². The molecule has 0 aromatic carbocycles. The Morgan fingerprint density at radius 3 is 2.17 bits per heavy atom. The molecule has 270 valence electrons. The summed E-state index contributed by atoms with van der Waals surface area (Å²) in [5, 5.41) is 12.1. The molecule has 5 aliphatic rings. The number of allylic oxidation sites excluding steroid dienone is 2. The number of hydrogen-bond donors (Lipinski definition) is 2. The maximum absolute atomic E-state index is 14.7. The number of carbonyl (C=O) groups is 4. The Morgan fingerprint density at radius 2 is 1.50 bits per heavy atom. The van der Waals surface area contributed by atoms with Gasteiger partial charge in [-0.15, -0.1) is 0 Å². The number of carbonyl (C=O) groups excluding carboxylic acids is 3. The second-order valence-corrected chi connectivity index (χ2v) is 18.7. The maximum Gasteiger partial charge on any atom is 0.303 e. The third-order valence-corrected chi connectivity index (χ3v) is 15.5. The molecule has 5 aliphatic carbocycles. The van der Waals surface area contributed by atoms with Crippen LogP contribution >= 0.6 is 0 Å². The van der Waals surface area contributed by atoms with E-state index in [1.165, 1.54) is 12.5 Å². The third-order valence-electron chi connectivity index (χ3n) is 15.5. The molecule has 0 aromatic rings. The standard InChI is InChI=1S/C41H65NO6/c1-27(43)48-32-17-18-39(6)31(36(32,2)3)16-19-41(8)34(39)30(44)25-28-29-26-38(5,21-20-37(29,4)22-23-40(28,41)7)35(47)42-24-14-12-10-9-11-13-15-33(45)46/h25,29,31-32,34H,9-24,26H2,1-8H3,(H,42,47)(H,45,46)/t29-,31-,32-,34+,37+,38-,39-,40+,41+/m0/s1. The first-order valence-corrected chi connectivity index (χ1v) is 19.3. The summed E-state index contributed by atoms with van der Waals surface area (Å²) in [6.07, 6.45) is 16.6. The van der Waals surface area contributed by atoms with Crippen molar-refractivity contribution in [1.29, 1.82) is 0 Å². The molecule has 0 unspecified atom stereocenters. The number of ether oxygens (including phenoxy) is 1. The number of unbranched alkanes of at least 4 members (excludes halogenated alkanes) is 5. The average molecular weight is 668 g/mol. The molecule has 7 heteroatoms. The Kier molecular flexibility index (Phi) is 10.2. The van der Waals surface area contributed by atoms with Crippen molar-refractivity contribution < 1.29 is 29.0 Å². The molecule has 1 amide bonds. The van der Waals surface area contributed by atoms with E-state index < -0.39 is 11.4 Å². The Morgan fingerprint density at radius 1 is 0.854 bits per heavy atom. The first-order chi connectivity index (χ1) is 22.3. The Hall–Kier alpha value is -2.18. The molecule has 7 nitrogen and oxygen atoms in total. The summed E-state index contributed by atoms with van der Waals surface area (Å²) in [4.78, 5) is 51.2. The van der Waals surface area contributed by atoms with Gasteiger partial charge in [0.15, 0.2) is 5.78 Å². The van der Waals surface area contributed by atoms with Crippen molar-refractivity contribution >= 4 is 23.6 Å². The van der Waals surface area contributed by atoms with Crippen LogP contribution in [0.5, 0.6) is 0 Å². The number of aliphatic carboxylic acids is 1. The Labute approximate surface area is 290 Å². The molecule has 0 radical (unpaired) electrons. The highest BCUT2D eigenvalue weighted by Crippen LogP contribution is 2.75. The van der Waals surface area contributed by atoms with Crippen LogP contribution < -0.4 is 5.32 Å². The molecule has 0 spiro atoms. The minimum atomic E-state index is -0.723. The number of carboxylic acids is 1. The first-order valence-electron chi connectivity index (χ1n) is 19.3. The second-order valence-electron chi connectivity index (χ2n) is 18.7. The lowest BCUT2D eigenvalue weighted by Crippen LogP contribution is -2.66. The molecular weight excluding hydrogens is 602 g/mol. The van der Waals surface area contributed by atoms with Crippen LogP contribution in [0.15, 0.2) is 11.6 Å². The van der Waals surface area contributed by atoms with E-state index in [4.69, 9.17) is 9.84 Å². The molecule has 0 heterocycles. The second kappa shape index (κ2) is 13.2. The van der Waals surface area contributed by atoms with E-state index in [0.717, 1.165) is 96.3 Å². The smallest absolute Gasteiger partial charge is 0.303 e. The van der Waals surface area contributed by atoms with Crippen LogP contribution in [0.4, 0.5) is 0 Å². The van der Waals surface area contributed by atoms with Crippen LogP contribution in [0, 0.1) is 50.2 Å². The van der Waals surface area contributed by atoms with Gasteiger partial charge < -0.3 is 15.2 Å². The first kappa shape index (κ1) is 37.1. The van der Waals surface area contributed by atoms with E-state index in [1.807, 2.05) is 0 Å². The number of fused-ring (bicyclic) bond motifs is 7. The Bertz CT molecular complexity index is 1320. The van der Waals surface area contributed by atoms with Crippen molar-refractivity contribution in [2.75, 3.05) is 6.54 Å². The summed E-state index contributed by atoms with van der Waals surface area (Å²) in [5.74, 6) is -0.0290. The molecule has 0 aromatic heterocycles. The van der Waals surface area contributed by atoms with Crippen molar-refractivity contribution in [3.05, 3.63) is 11.6 Å². The van der Waals surface area contributed by atoms with Crippen LogP contribution in [0.3, 0.4) is 0 Å². The minimum absolute atomic E-state index is 0.0603. The van der Waals surface area contributed by atoms with Crippen molar-refractivity contribution in [3.63, 3.8) is 0 Å². The Balaban J connectivity index is 1.31. The van der Waals surface area contributed by atoms with Gasteiger partial charge in [-0.2, -0.15) is 0 Å². The molecule has 0 aliphatic heterocycles. The number of amides is 1. The number of ketones is 1. The summed E-state index contributed by atoms with van der Waals surface area (Å²) in [6, 6.07) is 0. The minimum Gasteiger partial charge on any atom is -0.481 e. The number of esters is 1. The lowest BCUT2D eigenvalue weighted by molar-refractivity contribution is -0.210. The van der Waals surface area contributed by atoms with Crippen molar-refractivity contribution in [2.24, 2.45) is 50.2 Å². The lowest BCUT2D eigenvalue weighted by Gasteiger charge is -2.70. The molecule has 5 rings (SSSR count). The molecule has 4 fully saturated rings. The molecule has 4 saturated carbocycles. The van der Waals surface area contributed by atoms with Crippen LogP contribution in [0.25, 0.3) is 0 Å². The molecule has 0 saturated heterocycles. The van der Waals surface area contributed by atoms with Gasteiger partial charge in [0.25, 0.3) is 0 Å². The maximum atomic E-state index is 14.7. The van der Waals surface area contributed by atoms with Crippen LogP contribution in [-0.2, 0) is 23.9 Å². The van der Waals surface area contributed by atoms with Crippen molar-refractivity contribution in [3.8, 4) is 0 Å². The monoisotopic (exact) mass is 667 g/mol. The van der Waals surface area contributed by atoms with Gasteiger partial charge in [0.05, 0.1) is 0 Å². The summed E-state index contributed by atoms with van der Waals surface area (Å²) in [7, 11) is 0. The van der Waals surface area contributed by atoms with Gasteiger partial charge in [0, 0.05) is 36.6 Å². The largest absolute Gasteiger partial charge is 0.481 e. The topological polar surface area (TPSA) is 110 Å². The SMILES string of the molecule is CC(=O)O[C@H]1CC[C@]2(C)[C@H]3C(=O)C=C4[C@@H]5C[C@@](C)(C(=O)NCCCCCCCCC(=O)O)CC[C@]5(C)CC[C@@]4(C)[C@]3(C)CC[C@H]2C1(C)C.